The fourth-order valence-corrected chi connectivity index (χ4v) is 4.06. The number of likely N-dealkylation sites (tertiary alicyclic amines) is 2. The number of amides is 2. The number of carbonyl (C=O) groups is 2. The number of rotatable bonds is 4. The Balaban J connectivity index is 1.60. The monoisotopic (exact) mass is 344 g/mol. The second-order valence-electron chi connectivity index (χ2n) is 7.56. The fourth-order valence-electron chi connectivity index (χ4n) is 4.06. The molecule has 2 amide bonds. The normalized spacial score (nSPS) is 21.4. The van der Waals surface area contributed by atoms with Crippen molar-refractivity contribution < 1.29 is 9.59 Å². The van der Waals surface area contributed by atoms with E-state index in [1.165, 1.54) is 0 Å². The van der Waals surface area contributed by atoms with Crippen LogP contribution in [0.15, 0.2) is 25.0 Å². The molecule has 0 aliphatic carbocycles. The topological polar surface area (TPSA) is 58.4 Å². The van der Waals surface area contributed by atoms with Gasteiger partial charge < -0.3 is 9.80 Å². The third kappa shape index (κ3) is 3.62. The lowest BCUT2D eigenvalue weighted by Gasteiger charge is -2.47. The summed E-state index contributed by atoms with van der Waals surface area (Å²) in [6.07, 6.45) is 8.97. The Morgan fingerprint density at radius 2 is 2.12 bits per heavy atom. The highest BCUT2D eigenvalue weighted by atomic mass is 16.2. The summed E-state index contributed by atoms with van der Waals surface area (Å²) in [6, 6.07) is -0.270. The van der Waals surface area contributed by atoms with Crippen LogP contribution in [0.25, 0.3) is 0 Å². The van der Waals surface area contributed by atoms with E-state index in [0.717, 1.165) is 44.5 Å². The quantitative estimate of drug-likeness (QED) is 0.787. The standard InChI is InChI=1S/C19H28N4O2/c1-4-9-22-14-19(6-5-17(22)24)7-10-21(11-8-19)18(25)16(3)23-13-15(2)12-20-23/h4,12-13,16H,1,5-11,14H2,2-3H3/t16-/m1/s1. The predicted molar refractivity (Wildman–Crippen MR) is 95.9 cm³/mol. The van der Waals surface area contributed by atoms with E-state index in [0.29, 0.717) is 13.0 Å². The first-order valence-corrected chi connectivity index (χ1v) is 9.12. The lowest BCUT2D eigenvalue weighted by atomic mass is 9.72. The first-order chi connectivity index (χ1) is 11.9. The second kappa shape index (κ2) is 7.02. The zero-order valence-electron chi connectivity index (χ0n) is 15.3. The molecule has 0 N–H and O–H groups in total. The first kappa shape index (κ1) is 17.7. The minimum Gasteiger partial charge on any atom is -0.341 e. The van der Waals surface area contributed by atoms with Crippen LogP contribution in [0.2, 0.25) is 0 Å². The van der Waals surface area contributed by atoms with E-state index in [1.807, 2.05) is 29.8 Å². The minimum atomic E-state index is -0.270. The molecule has 2 aliphatic heterocycles. The van der Waals surface area contributed by atoms with Gasteiger partial charge in [0, 0.05) is 38.8 Å². The van der Waals surface area contributed by atoms with Gasteiger partial charge in [-0.2, -0.15) is 5.10 Å². The number of hydrogen-bond donors (Lipinski definition) is 0. The summed E-state index contributed by atoms with van der Waals surface area (Å²) in [6.45, 7) is 10.6. The van der Waals surface area contributed by atoms with Crippen LogP contribution in [-0.4, -0.2) is 57.6 Å². The smallest absolute Gasteiger partial charge is 0.247 e. The molecule has 1 atom stereocenters. The fraction of sp³-hybridized carbons (Fsp3) is 0.632. The zero-order chi connectivity index (χ0) is 18.0. The van der Waals surface area contributed by atoms with Crippen molar-refractivity contribution in [3.63, 3.8) is 0 Å². The summed E-state index contributed by atoms with van der Waals surface area (Å²) in [4.78, 5) is 28.7. The lowest BCUT2D eigenvalue weighted by molar-refractivity contribution is -0.143. The van der Waals surface area contributed by atoms with Crippen LogP contribution >= 0.6 is 0 Å². The third-order valence-electron chi connectivity index (χ3n) is 5.72. The molecule has 0 unspecified atom stereocenters. The van der Waals surface area contributed by atoms with E-state index in [4.69, 9.17) is 0 Å². The largest absolute Gasteiger partial charge is 0.341 e. The molecule has 6 heteroatoms. The van der Waals surface area contributed by atoms with E-state index in [1.54, 1.807) is 17.0 Å². The van der Waals surface area contributed by atoms with Crippen molar-refractivity contribution in [1.82, 2.24) is 19.6 Å². The van der Waals surface area contributed by atoms with E-state index < -0.39 is 0 Å². The van der Waals surface area contributed by atoms with Crippen LogP contribution in [-0.2, 0) is 9.59 Å². The summed E-state index contributed by atoms with van der Waals surface area (Å²) in [5.41, 5.74) is 1.23. The second-order valence-corrected chi connectivity index (χ2v) is 7.56. The van der Waals surface area contributed by atoms with Crippen LogP contribution in [0.5, 0.6) is 0 Å². The molecule has 1 spiro atoms. The van der Waals surface area contributed by atoms with Crippen molar-refractivity contribution in [3.8, 4) is 0 Å². The minimum absolute atomic E-state index is 0.132. The van der Waals surface area contributed by atoms with Gasteiger partial charge in [-0.05, 0) is 44.1 Å². The van der Waals surface area contributed by atoms with Gasteiger partial charge in [0.25, 0.3) is 0 Å². The van der Waals surface area contributed by atoms with Crippen LogP contribution in [0.3, 0.4) is 0 Å². The van der Waals surface area contributed by atoms with Gasteiger partial charge in [-0.25, -0.2) is 0 Å². The molecule has 2 saturated heterocycles. The summed E-state index contributed by atoms with van der Waals surface area (Å²) < 4.78 is 1.74. The maximum Gasteiger partial charge on any atom is 0.247 e. The number of hydrogen-bond acceptors (Lipinski definition) is 3. The Kier molecular flexibility index (Phi) is 4.97. The molecule has 25 heavy (non-hydrogen) atoms. The molecule has 1 aromatic rings. The maximum atomic E-state index is 12.8. The van der Waals surface area contributed by atoms with Gasteiger partial charge in [0.15, 0.2) is 0 Å². The first-order valence-electron chi connectivity index (χ1n) is 9.12. The van der Waals surface area contributed by atoms with Crippen molar-refractivity contribution in [1.29, 1.82) is 0 Å². The van der Waals surface area contributed by atoms with Gasteiger partial charge >= 0.3 is 0 Å². The van der Waals surface area contributed by atoms with Crippen molar-refractivity contribution in [2.45, 2.75) is 45.6 Å². The third-order valence-corrected chi connectivity index (χ3v) is 5.72. The SMILES string of the molecule is C=CCN1CC2(CCC1=O)CCN(C(=O)[C@@H](C)n1cc(C)cn1)CC2. The lowest BCUT2D eigenvalue weighted by Crippen LogP contribution is -2.53. The molecule has 3 heterocycles. The summed E-state index contributed by atoms with van der Waals surface area (Å²) in [5, 5.41) is 4.27. The number of piperidine rings is 2. The summed E-state index contributed by atoms with van der Waals surface area (Å²) >= 11 is 0. The van der Waals surface area contributed by atoms with Gasteiger partial charge in [-0.1, -0.05) is 6.08 Å². The van der Waals surface area contributed by atoms with Crippen molar-refractivity contribution in [2.75, 3.05) is 26.2 Å². The molecule has 0 aromatic carbocycles. The van der Waals surface area contributed by atoms with Crippen molar-refractivity contribution >= 4 is 11.8 Å². The molecular formula is C19H28N4O2. The molecule has 3 rings (SSSR count). The highest BCUT2D eigenvalue weighted by Gasteiger charge is 2.41. The van der Waals surface area contributed by atoms with Crippen LogP contribution in [0, 0.1) is 12.3 Å². The maximum absolute atomic E-state index is 12.8. The van der Waals surface area contributed by atoms with Crippen LogP contribution in [0.1, 0.15) is 44.2 Å². The molecule has 2 aliphatic rings. The molecule has 0 radical (unpaired) electrons. The molecule has 0 bridgehead atoms. The summed E-state index contributed by atoms with van der Waals surface area (Å²) in [7, 11) is 0. The molecule has 0 saturated carbocycles. The predicted octanol–water partition coefficient (Wildman–Crippen LogP) is 2.17. The summed E-state index contributed by atoms with van der Waals surface area (Å²) in [5.74, 6) is 0.361. The molecule has 6 nitrogen and oxygen atoms in total. The average molecular weight is 344 g/mol. The number of aryl methyl sites for hydroxylation is 1. The highest BCUT2D eigenvalue weighted by Crippen LogP contribution is 2.40. The van der Waals surface area contributed by atoms with Gasteiger partial charge in [0.2, 0.25) is 11.8 Å². The molecule has 2 fully saturated rings. The van der Waals surface area contributed by atoms with Gasteiger partial charge in [-0.3, -0.25) is 14.3 Å². The Labute approximate surface area is 149 Å². The average Bonchev–Trinajstić information content (AvgIpc) is 3.04. The molecule has 1 aromatic heterocycles. The highest BCUT2D eigenvalue weighted by molar-refractivity contribution is 5.80. The number of nitrogens with zero attached hydrogens (tertiary/aromatic N) is 4. The van der Waals surface area contributed by atoms with Crippen molar-refractivity contribution in [3.05, 3.63) is 30.6 Å². The van der Waals surface area contributed by atoms with Crippen molar-refractivity contribution in [2.24, 2.45) is 5.41 Å². The Hall–Kier alpha value is -2.11. The van der Waals surface area contributed by atoms with Crippen LogP contribution in [0.4, 0.5) is 0 Å². The van der Waals surface area contributed by atoms with Gasteiger partial charge in [0.05, 0.1) is 6.20 Å². The van der Waals surface area contributed by atoms with E-state index in [-0.39, 0.29) is 23.3 Å². The number of carbonyl (C=O) groups excluding carboxylic acids is 2. The Morgan fingerprint density at radius 3 is 2.72 bits per heavy atom. The zero-order valence-corrected chi connectivity index (χ0v) is 15.3. The Bertz CT molecular complexity index is 658. The van der Waals surface area contributed by atoms with Gasteiger partial charge in [0.1, 0.15) is 6.04 Å². The molecule has 136 valence electrons. The van der Waals surface area contributed by atoms with E-state index in [2.05, 4.69) is 11.7 Å². The Morgan fingerprint density at radius 1 is 1.40 bits per heavy atom. The molecular weight excluding hydrogens is 316 g/mol. The van der Waals surface area contributed by atoms with E-state index >= 15 is 0 Å². The van der Waals surface area contributed by atoms with Crippen LogP contribution < -0.4 is 0 Å². The van der Waals surface area contributed by atoms with E-state index in [9.17, 15) is 9.59 Å². The number of aromatic nitrogens is 2. The van der Waals surface area contributed by atoms with Gasteiger partial charge in [-0.15, -0.1) is 6.58 Å².